The molecule has 1 aliphatic rings. The summed E-state index contributed by atoms with van der Waals surface area (Å²) in [5.74, 6) is -1.92. The van der Waals surface area contributed by atoms with Crippen molar-refractivity contribution in [1.29, 1.82) is 0 Å². The van der Waals surface area contributed by atoms with Gasteiger partial charge >= 0.3 is 5.97 Å². The first-order chi connectivity index (χ1) is 10.5. The van der Waals surface area contributed by atoms with Gasteiger partial charge in [0.15, 0.2) is 0 Å². The van der Waals surface area contributed by atoms with Crippen LogP contribution in [-0.2, 0) is 16.0 Å². The van der Waals surface area contributed by atoms with E-state index in [1.54, 1.807) is 6.92 Å². The number of hydrogen-bond acceptors (Lipinski definition) is 4. The van der Waals surface area contributed by atoms with Crippen LogP contribution in [0, 0.1) is 5.92 Å². The van der Waals surface area contributed by atoms with Crippen LogP contribution in [-0.4, -0.2) is 34.0 Å². The number of rotatable bonds is 2. The second-order valence-electron chi connectivity index (χ2n) is 5.89. The lowest BCUT2D eigenvalue weighted by atomic mass is 9.66. The van der Waals surface area contributed by atoms with Crippen LogP contribution in [0.2, 0.25) is 0 Å². The lowest BCUT2D eigenvalue weighted by Crippen LogP contribution is -2.49. The molecule has 3 atom stereocenters. The first kappa shape index (κ1) is 14.6. The first-order valence-electron chi connectivity index (χ1n) is 7.10. The third kappa shape index (κ3) is 2.16. The van der Waals surface area contributed by atoms with Gasteiger partial charge in [-0.3, -0.25) is 14.7 Å². The number of esters is 1. The summed E-state index contributed by atoms with van der Waals surface area (Å²) in [6.45, 7) is 1.60. The molecule has 0 radical (unpaired) electrons. The van der Waals surface area contributed by atoms with E-state index < -0.39 is 23.4 Å². The van der Waals surface area contributed by atoms with E-state index in [0.29, 0.717) is 11.3 Å². The summed E-state index contributed by atoms with van der Waals surface area (Å²) in [6.07, 6.45) is 0.185. The summed E-state index contributed by atoms with van der Waals surface area (Å²) in [7, 11) is 1.29. The standard InChI is InChI=1S/C16H18N2O4/c1-16(21)8-10-12(14(19)18-17-10)11(13(16)15(20)22-2)9-6-4-3-5-7-9/h3-7,11,13,21H,8H2,1-2H3,(H2,17,18,19)/t11-,13+,16-/m0/s1. The van der Waals surface area contributed by atoms with Crippen LogP contribution in [0.25, 0.3) is 0 Å². The van der Waals surface area contributed by atoms with Crippen LogP contribution in [0.4, 0.5) is 0 Å². The molecule has 0 amide bonds. The molecule has 0 fully saturated rings. The minimum Gasteiger partial charge on any atom is -0.469 e. The van der Waals surface area contributed by atoms with E-state index in [2.05, 4.69) is 10.2 Å². The molecule has 1 aromatic carbocycles. The highest BCUT2D eigenvalue weighted by atomic mass is 16.5. The Hall–Kier alpha value is -2.34. The van der Waals surface area contributed by atoms with E-state index in [1.165, 1.54) is 7.11 Å². The molecule has 0 spiro atoms. The number of benzene rings is 1. The number of fused-ring (bicyclic) bond motifs is 1. The quantitative estimate of drug-likeness (QED) is 0.719. The summed E-state index contributed by atoms with van der Waals surface area (Å²) >= 11 is 0. The number of ether oxygens (including phenoxy) is 1. The monoisotopic (exact) mass is 302 g/mol. The Morgan fingerprint density at radius 1 is 1.32 bits per heavy atom. The molecule has 1 heterocycles. The van der Waals surface area contributed by atoms with Gasteiger partial charge in [0.05, 0.1) is 18.6 Å². The number of nitrogens with one attached hydrogen (secondary N) is 2. The number of aromatic nitrogens is 2. The van der Waals surface area contributed by atoms with E-state index in [1.807, 2.05) is 30.3 Å². The van der Waals surface area contributed by atoms with Gasteiger partial charge < -0.3 is 14.9 Å². The van der Waals surface area contributed by atoms with E-state index in [0.717, 1.165) is 5.56 Å². The van der Waals surface area contributed by atoms with E-state index in [9.17, 15) is 14.7 Å². The van der Waals surface area contributed by atoms with Gasteiger partial charge in [0, 0.05) is 23.6 Å². The molecule has 0 aliphatic heterocycles. The van der Waals surface area contributed by atoms with Crippen LogP contribution in [0.5, 0.6) is 0 Å². The van der Waals surface area contributed by atoms with Crippen molar-refractivity contribution in [3.8, 4) is 0 Å². The molecule has 6 nitrogen and oxygen atoms in total. The number of carbonyl (C=O) groups is 1. The normalized spacial score (nSPS) is 27.2. The SMILES string of the molecule is COC(=O)[C@H]1[C@@H](c2ccccc2)c2c([nH][nH]c2=O)C[C@]1(C)O. The molecule has 116 valence electrons. The lowest BCUT2D eigenvalue weighted by molar-refractivity contribution is -0.156. The summed E-state index contributed by atoms with van der Waals surface area (Å²) in [6, 6.07) is 9.23. The zero-order chi connectivity index (χ0) is 15.9. The zero-order valence-electron chi connectivity index (χ0n) is 12.4. The molecule has 0 unspecified atom stereocenters. The van der Waals surface area contributed by atoms with E-state index in [-0.39, 0.29) is 12.0 Å². The molecular formula is C16H18N2O4. The molecule has 22 heavy (non-hydrogen) atoms. The molecule has 6 heteroatoms. The minimum absolute atomic E-state index is 0.185. The van der Waals surface area contributed by atoms with Gasteiger partial charge in [0.2, 0.25) is 0 Å². The molecule has 3 rings (SSSR count). The number of H-pyrrole nitrogens is 2. The van der Waals surface area contributed by atoms with Crippen LogP contribution in [0.1, 0.15) is 29.7 Å². The summed E-state index contributed by atoms with van der Waals surface area (Å²) < 4.78 is 4.89. The fraction of sp³-hybridized carbons (Fsp3) is 0.375. The maximum atomic E-state index is 12.3. The Morgan fingerprint density at radius 3 is 2.64 bits per heavy atom. The number of aliphatic hydroxyl groups is 1. The number of hydrogen-bond donors (Lipinski definition) is 3. The van der Waals surface area contributed by atoms with E-state index >= 15 is 0 Å². The molecule has 0 saturated carbocycles. The molecular weight excluding hydrogens is 284 g/mol. The Labute approximate surface area is 127 Å². The summed E-state index contributed by atoms with van der Waals surface area (Å²) in [4.78, 5) is 24.5. The first-order valence-corrected chi connectivity index (χ1v) is 7.10. The average Bonchev–Trinajstić information content (AvgIpc) is 2.85. The van der Waals surface area contributed by atoms with Crippen molar-refractivity contribution in [2.24, 2.45) is 5.92 Å². The molecule has 0 bridgehead atoms. The van der Waals surface area contributed by atoms with Crippen molar-refractivity contribution in [2.75, 3.05) is 7.11 Å². The second-order valence-corrected chi connectivity index (χ2v) is 5.89. The zero-order valence-corrected chi connectivity index (χ0v) is 12.4. The van der Waals surface area contributed by atoms with Gasteiger partial charge in [-0.15, -0.1) is 0 Å². The maximum Gasteiger partial charge on any atom is 0.312 e. The molecule has 2 aromatic rings. The fourth-order valence-corrected chi connectivity index (χ4v) is 3.40. The number of methoxy groups -OCH3 is 1. The van der Waals surface area contributed by atoms with Crippen molar-refractivity contribution >= 4 is 5.97 Å². The van der Waals surface area contributed by atoms with Crippen LogP contribution < -0.4 is 5.56 Å². The molecule has 3 N–H and O–H groups in total. The Balaban J connectivity index is 2.25. The average molecular weight is 302 g/mol. The smallest absolute Gasteiger partial charge is 0.312 e. The molecule has 1 aromatic heterocycles. The highest BCUT2D eigenvalue weighted by molar-refractivity contribution is 5.77. The Morgan fingerprint density at radius 2 is 2.00 bits per heavy atom. The largest absolute Gasteiger partial charge is 0.469 e. The van der Waals surface area contributed by atoms with E-state index in [4.69, 9.17) is 4.74 Å². The van der Waals surface area contributed by atoms with Gasteiger partial charge in [-0.1, -0.05) is 30.3 Å². The van der Waals surface area contributed by atoms with Gasteiger partial charge in [-0.25, -0.2) is 0 Å². The second kappa shape index (κ2) is 5.14. The van der Waals surface area contributed by atoms with Crippen molar-refractivity contribution < 1.29 is 14.6 Å². The van der Waals surface area contributed by atoms with Crippen molar-refractivity contribution in [3.63, 3.8) is 0 Å². The lowest BCUT2D eigenvalue weighted by Gasteiger charge is -2.40. The summed E-state index contributed by atoms with van der Waals surface area (Å²) in [5, 5.41) is 16.1. The fourth-order valence-electron chi connectivity index (χ4n) is 3.40. The third-order valence-corrected chi connectivity index (χ3v) is 4.36. The number of aromatic amines is 2. The highest BCUT2D eigenvalue weighted by Gasteiger charge is 2.50. The van der Waals surface area contributed by atoms with Crippen molar-refractivity contribution in [3.05, 3.63) is 57.5 Å². The Kier molecular flexibility index (Phi) is 3.41. The van der Waals surface area contributed by atoms with Crippen LogP contribution in [0.15, 0.2) is 35.1 Å². The third-order valence-electron chi connectivity index (χ3n) is 4.36. The van der Waals surface area contributed by atoms with Gasteiger partial charge in [0.1, 0.15) is 0 Å². The van der Waals surface area contributed by atoms with Crippen molar-refractivity contribution in [1.82, 2.24) is 10.2 Å². The number of carbonyl (C=O) groups excluding carboxylic acids is 1. The maximum absolute atomic E-state index is 12.3. The van der Waals surface area contributed by atoms with Crippen LogP contribution >= 0.6 is 0 Å². The van der Waals surface area contributed by atoms with Crippen molar-refractivity contribution in [2.45, 2.75) is 24.9 Å². The predicted octanol–water partition coefficient (Wildman–Crippen LogP) is 0.931. The molecule has 1 aliphatic carbocycles. The Bertz CT molecular complexity index is 745. The summed E-state index contributed by atoms with van der Waals surface area (Å²) in [5.41, 5.74) is 0.334. The predicted molar refractivity (Wildman–Crippen MR) is 79.5 cm³/mol. The van der Waals surface area contributed by atoms with Gasteiger partial charge in [-0.2, -0.15) is 0 Å². The minimum atomic E-state index is -1.31. The topological polar surface area (TPSA) is 95.2 Å². The molecule has 0 saturated heterocycles. The van der Waals surface area contributed by atoms with Gasteiger partial charge in [-0.05, 0) is 12.5 Å². The van der Waals surface area contributed by atoms with Crippen LogP contribution in [0.3, 0.4) is 0 Å². The van der Waals surface area contributed by atoms with Gasteiger partial charge in [0.25, 0.3) is 5.56 Å². The highest BCUT2D eigenvalue weighted by Crippen LogP contribution is 2.44.